The highest BCUT2D eigenvalue weighted by atomic mass is 35.5. The van der Waals surface area contributed by atoms with Gasteiger partial charge in [0.15, 0.2) is 0 Å². The molecule has 0 amide bonds. The maximum absolute atomic E-state index is 5.92. The first-order valence-electron chi connectivity index (χ1n) is 6.12. The molecule has 0 aliphatic carbocycles. The molecule has 0 atom stereocenters. The fraction of sp³-hybridized carbons (Fsp3) is 0.250. The Morgan fingerprint density at radius 1 is 0.944 bits per heavy atom. The molecule has 18 heavy (non-hydrogen) atoms. The molecule has 0 unspecified atom stereocenters. The van der Waals surface area contributed by atoms with Crippen LogP contribution >= 0.6 is 11.6 Å². The third-order valence-electron chi connectivity index (χ3n) is 3.23. The molecule has 1 N–H and O–H groups in total. The monoisotopic (exact) mass is 259 g/mol. The normalized spacial score (nSPS) is 10.7. The van der Waals surface area contributed by atoms with Crippen molar-refractivity contribution in [3.05, 3.63) is 58.1 Å². The Morgan fingerprint density at radius 2 is 1.50 bits per heavy atom. The van der Waals surface area contributed by atoms with Gasteiger partial charge in [-0.2, -0.15) is 0 Å². The van der Waals surface area contributed by atoms with Gasteiger partial charge in [0.25, 0.3) is 0 Å². The number of hydrogen-bond donors (Lipinski definition) is 1. The second-order valence-corrected chi connectivity index (χ2v) is 5.06. The molecule has 0 bridgehead atoms. The lowest BCUT2D eigenvalue weighted by Crippen LogP contribution is -2.08. The van der Waals surface area contributed by atoms with Crippen molar-refractivity contribution < 1.29 is 0 Å². The maximum atomic E-state index is 5.92. The van der Waals surface area contributed by atoms with Gasteiger partial charge >= 0.3 is 0 Å². The van der Waals surface area contributed by atoms with Crippen molar-refractivity contribution in [3.63, 3.8) is 0 Å². The topological polar surface area (TPSA) is 12.0 Å². The summed E-state index contributed by atoms with van der Waals surface area (Å²) in [7, 11) is 1.98. The third kappa shape index (κ3) is 2.74. The molecule has 0 saturated heterocycles. The summed E-state index contributed by atoms with van der Waals surface area (Å²) in [6.07, 6.45) is 0. The molecule has 2 heteroatoms. The third-order valence-corrected chi connectivity index (χ3v) is 3.48. The molecule has 0 saturated carbocycles. The Balaban J connectivity index is 2.44. The minimum Gasteiger partial charge on any atom is -0.316 e. The quantitative estimate of drug-likeness (QED) is 0.865. The zero-order valence-electron chi connectivity index (χ0n) is 11.0. The van der Waals surface area contributed by atoms with E-state index >= 15 is 0 Å². The van der Waals surface area contributed by atoms with Gasteiger partial charge in [-0.1, -0.05) is 35.9 Å². The number of halogens is 1. The number of nitrogens with one attached hydrogen (secondary N) is 1. The van der Waals surface area contributed by atoms with Gasteiger partial charge in [-0.25, -0.2) is 0 Å². The summed E-state index contributed by atoms with van der Waals surface area (Å²) in [5.41, 5.74) is 6.50. The second kappa shape index (κ2) is 5.55. The van der Waals surface area contributed by atoms with Crippen LogP contribution in [0.2, 0.25) is 5.02 Å². The summed E-state index contributed by atoms with van der Waals surface area (Å²) in [6.45, 7) is 5.25. The maximum Gasteiger partial charge on any atom is 0.0406 e. The molecule has 2 rings (SSSR count). The number of aryl methyl sites for hydroxylation is 2. The zero-order chi connectivity index (χ0) is 13.1. The van der Waals surface area contributed by atoms with Crippen LogP contribution in [-0.4, -0.2) is 7.05 Å². The number of hydrogen-bond acceptors (Lipinski definition) is 1. The van der Waals surface area contributed by atoms with Crippen LogP contribution in [0, 0.1) is 13.8 Å². The molecule has 0 radical (unpaired) electrons. The van der Waals surface area contributed by atoms with Crippen molar-refractivity contribution in [1.29, 1.82) is 0 Å². The lowest BCUT2D eigenvalue weighted by Gasteiger charge is -2.12. The molecule has 0 aliphatic rings. The van der Waals surface area contributed by atoms with Crippen LogP contribution in [0.1, 0.15) is 16.7 Å². The lowest BCUT2D eigenvalue weighted by molar-refractivity contribution is 0.806. The van der Waals surface area contributed by atoms with E-state index < -0.39 is 0 Å². The van der Waals surface area contributed by atoms with Crippen LogP contribution in [0.25, 0.3) is 11.1 Å². The molecule has 2 aromatic carbocycles. The van der Waals surface area contributed by atoms with E-state index in [1.54, 1.807) is 0 Å². The summed E-state index contributed by atoms with van der Waals surface area (Å²) in [5, 5.41) is 3.99. The SMILES string of the molecule is CNCc1c(C)cc(-c2ccc(Cl)cc2)cc1C. The summed E-state index contributed by atoms with van der Waals surface area (Å²) in [5.74, 6) is 0. The number of rotatable bonds is 3. The predicted molar refractivity (Wildman–Crippen MR) is 79.1 cm³/mol. The van der Waals surface area contributed by atoms with Gasteiger partial charge in [0, 0.05) is 11.6 Å². The second-order valence-electron chi connectivity index (χ2n) is 4.63. The minimum absolute atomic E-state index is 0.777. The lowest BCUT2D eigenvalue weighted by atomic mass is 9.95. The highest BCUT2D eigenvalue weighted by Crippen LogP contribution is 2.26. The molecular formula is C16H18ClN. The van der Waals surface area contributed by atoms with Gasteiger partial charge in [0.2, 0.25) is 0 Å². The van der Waals surface area contributed by atoms with Crippen LogP contribution in [0.15, 0.2) is 36.4 Å². The van der Waals surface area contributed by atoms with Crippen molar-refractivity contribution >= 4 is 11.6 Å². The van der Waals surface area contributed by atoms with Crippen molar-refractivity contribution in [2.75, 3.05) is 7.05 Å². The summed E-state index contributed by atoms with van der Waals surface area (Å²) in [4.78, 5) is 0. The molecular weight excluding hydrogens is 242 g/mol. The summed E-state index contributed by atoms with van der Waals surface area (Å²) in [6, 6.07) is 12.5. The molecule has 94 valence electrons. The van der Waals surface area contributed by atoms with E-state index in [9.17, 15) is 0 Å². The van der Waals surface area contributed by atoms with E-state index in [0.717, 1.165) is 11.6 Å². The first-order valence-corrected chi connectivity index (χ1v) is 6.50. The van der Waals surface area contributed by atoms with Gasteiger partial charge < -0.3 is 5.32 Å². The highest BCUT2D eigenvalue weighted by Gasteiger charge is 2.06. The van der Waals surface area contributed by atoms with Gasteiger partial charge in [-0.15, -0.1) is 0 Å². The zero-order valence-corrected chi connectivity index (χ0v) is 11.8. The van der Waals surface area contributed by atoms with E-state index in [1.807, 2.05) is 19.2 Å². The smallest absolute Gasteiger partial charge is 0.0406 e. The molecule has 0 heterocycles. The van der Waals surface area contributed by atoms with Crippen LogP contribution in [0.3, 0.4) is 0 Å². The van der Waals surface area contributed by atoms with Crippen molar-refractivity contribution in [2.24, 2.45) is 0 Å². The summed E-state index contributed by atoms with van der Waals surface area (Å²) >= 11 is 5.92. The van der Waals surface area contributed by atoms with Crippen LogP contribution < -0.4 is 5.32 Å². The molecule has 2 aromatic rings. The number of benzene rings is 2. The first-order chi connectivity index (χ1) is 8.61. The van der Waals surface area contributed by atoms with Crippen molar-refractivity contribution in [2.45, 2.75) is 20.4 Å². The Hall–Kier alpha value is -1.31. The average Bonchev–Trinajstić information content (AvgIpc) is 2.34. The fourth-order valence-electron chi connectivity index (χ4n) is 2.26. The van der Waals surface area contributed by atoms with E-state index in [0.29, 0.717) is 0 Å². The molecule has 0 aliphatic heterocycles. The molecule has 0 fully saturated rings. The predicted octanol–water partition coefficient (Wildman–Crippen LogP) is 4.34. The Bertz CT molecular complexity index is 521. The summed E-state index contributed by atoms with van der Waals surface area (Å²) < 4.78 is 0. The Labute approximate surface area is 114 Å². The molecule has 0 aromatic heterocycles. The largest absolute Gasteiger partial charge is 0.316 e. The van der Waals surface area contributed by atoms with Gasteiger partial charge in [-0.3, -0.25) is 0 Å². The van der Waals surface area contributed by atoms with E-state index in [2.05, 4.69) is 43.4 Å². The standard InChI is InChI=1S/C16H18ClN/c1-11-8-14(9-12(2)16(11)10-18-3)13-4-6-15(17)7-5-13/h4-9,18H,10H2,1-3H3. The molecule has 1 nitrogen and oxygen atoms in total. The Morgan fingerprint density at radius 3 is 2.00 bits per heavy atom. The fourth-order valence-corrected chi connectivity index (χ4v) is 2.38. The van der Waals surface area contributed by atoms with Crippen molar-refractivity contribution in [1.82, 2.24) is 5.32 Å². The highest BCUT2D eigenvalue weighted by molar-refractivity contribution is 6.30. The average molecular weight is 260 g/mol. The van der Waals surface area contributed by atoms with E-state index in [-0.39, 0.29) is 0 Å². The van der Waals surface area contributed by atoms with Gasteiger partial charge in [0.05, 0.1) is 0 Å². The molecule has 0 spiro atoms. The van der Waals surface area contributed by atoms with E-state index in [1.165, 1.54) is 27.8 Å². The van der Waals surface area contributed by atoms with Crippen LogP contribution in [-0.2, 0) is 6.54 Å². The van der Waals surface area contributed by atoms with Gasteiger partial charge in [-0.05, 0) is 60.8 Å². The Kier molecular flexibility index (Phi) is 4.05. The van der Waals surface area contributed by atoms with Gasteiger partial charge in [0.1, 0.15) is 0 Å². The van der Waals surface area contributed by atoms with Crippen molar-refractivity contribution in [3.8, 4) is 11.1 Å². The first kappa shape index (κ1) is 13.1. The minimum atomic E-state index is 0.777. The van der Waals surface area contributed by atoms with Crippen LogP contribution in [0.5, 0.6) is 0 Å². The van der Waals surface area contributed by atoms with E-state index in [4.69, 9.17) is 11.6 Å². The van der Waals surface area contributed by atoms with Crippen LogP contribution in [0.4, 0.5) is 0 Å².